The van der Waals surface area contributed by atoms with Gasteiger partial charge in [0, 0.05) is 11.8 Å². The molecule has 0 saturated heterocycles. The lowest BCUT2D eigenvalue weighted by Crippen LogP contribution is -1.94. The Bertz CT molecular complexity index is 934. The van der Waals surface area contributed by atoms with Crippen molar-refractivity contribution in [1.82, 2.24) is 9.38 Å². The van der Waals surface area contributed by atoms with Crippen molar-refractivity contribution in [2.24, 2.45) is 0 Å². The summed E-state index contributed by atoms with van der Waals surface area (Å²) in [6.45, 7) is 4.33. The van der Waals surface area contributed by atoms with Gasteiger partial charge in [-0.3, -0.25) is 4.40 Å². The molecule has 0 aliphatic rings. The molecule has 0 spiro atoms. The van der Waals surface area contributed by atoms with Crippen LogP contribution in [0.1, 0.15) is 11.3 Å². The van der Waals surface area contributed by atoms with Crippen molar-refractivity contribution in [3.63, 3.8) is 0 Å². The van der Waals surface area contributed by atoms with E-state index < -0.39 is 0 Å². The van der Waals surface area contributed by atoms with E-state index in [9.17, 15) is 0 Å². The highest BCUT2D eigenvalue weighted by Gasteiger charge is 2.17. The molecule has 0 aliphatic heterocycles. The van der Waals surface area contributed by atoms with Crippen molar-refractivity contribution >= 4 is 22.6 Å². The highest BCUT2D eigenvalue weighted by atomic mass is 32.1. The van der Waals surface area contributed by atoms with Gasteiger partial charge in [0.15, 0.2) is 0 Å². The van der Waals surface area contributed by atoms with Crippen LogP contribution in [-0.2, 0) is 0 Å². The van der Waals surface area contributed by atoms with E-state index in [1.54, 1.807) is 11.3 Å². The van der Waals surface area contributed by atoms with Crippen molar-refractivity contribution in [3.8, 4) is 10.6 Å². The van der Waals surface area contributed by atoms with Crippen molar-refractivity contribution in [2.45, 2.75) is 0 Å². The number of nitrogens with zero attached hydrogens (tertiary/aromatic N) is 2. The van der Waals surface area contributed by atoms with E-state index in [1.165, 1.54) is 0 Å². The van der Waals surface area contributed by atoms with Gasteiger partial charge in [-0.2, -0.15) is 0 Å². The summed E-state index contributed by atoms with van der Waals surface area (Å²) in [6.07, 6.45) is 2.04. The van der Waals surface area contributed by atoms with Crippen LogP contribution >= 0.6 is 11.3 Å². The zero-order valence-electron chi connectivity index (χ0n) is 11.9. The van der Waals surface area contributed by atoms with Gasteiger partial charge in [0.05, 0.1) is 10.6 Å². The van der Waals surface area contributed by atoms with Crippen molar-refractivity contribution < 1.29 is 0 Å². The van der Waals surface area contributed by atoms with Crippen LogP contribution in [0.4, 0.5) is 0 Å². The zero-order chi connectivity index (χ0) is 14.9. The maximum absolute atomic E-state index is 4.81. The van der Waals surface area contributed by atoms with E-state index in [-0.39, 0.29) is 0 Å². The predicted molar refractivity (Wildman–Crippen MR) is 93.1 cm³/mol. The number of hydrogen-bond acceptors (Lipinski definition) is 2. The Kier molecular flexibility index (Phi) is 3.13. The lowest BCUT2D eigenvalue weighted by Gasteiger charge is -2.08. The normalized spacial score (nSPS) is 10.9. The standard InChI is InChI=1S/C19H14N2S/c1-14(15-8-3-2-4-9-15)19-18(16-10-7-13-22-16)20-17-11-5-6-12-21(17)19/h2-13H,1H2. The minimum Gasteiger partial charge on any atom is -0.299 e. The first-order valence-electron chi connectivity index (χ1n) is 7.10. The smallest absolute Gasteiger partial charge is 0.137 e. The molecule has 1 aromatic carbocycles. The van der Waals surface area contributed by atoms with Gasteiger partial charge in [-0.05, 0) is 29.1 Å². The summed E-state index contributed by atoms with van der Waals surface area (Å²) >= 11 is 1.70. The van der Waals surface area contributed by atoms with Crippen LogP contribution in [0.3, 0.4) is 0 Å². The first-order valence-corrected chi connectivity index (χ1v) is 7.98. The fourth-order valence-corrected chi connectivity index (χ4v) is 3.36. The molecular formula is C19H14N2S. The van der Waals surface area contributed by atoms with Gasteiger partial charge in [-0.1, -0.05) is 49.0 Å². The molecule has 3 heterocycles. The van der Waals surface area contributed by atoms with E-state index in [0.29, 0.717) is 0 Å². The van der Waals surface area contributed by atoms with Gasteiger partial charge in [-0.15, -0.1) is 11.3 Å². The van der Waals surface area contributed by atoms with Crippen molar-refractivity contribution in [2.75, 3.05) is 0 Å². The molecule has 0 radical (unpaired) electrons. The molecule has 2 nitrogen and oxygen atoms in total. The number of pyridine rings is 1. The third kappa shape index (κ3) is 2.07. The number of rotatable bonds is 3. The van der Waals surface area contributed by atoms with Crippen LogP contribution in [0, 0.1) is 0 Å². The summed E-state index contributed by atoms with van der Waals surface area (Å²) < 4.78 is 2.12. The molecule has 0 atom stereocenters. The monoisotopic (exact) mass is 302 g/mol. The lowest BCUT2D eigenvalue weighted by molar-refractivity contribution is 1.16. The first-order chi connectivity index (χ1) is 10.8. The molecular weight excluding hydrogens is 288 g/mol. The Hall–Kier alpha value is -2.65. The molecule has 106 valence electrons. The maximum atomic E-state index is 4.81. The third-order valence-electron chi connectivity index (χ3n) is 3.69. The number of hydrogen-bond donors (Lipinski definition) is 0. The van der Waals surface area contributed by atoms with Crippen molar-refractivity contribution in [1.29, 1.82) is 0 Å². The Morgan fingerprint density at radius 2 is 1.77 bits per heavy atom. The van der Waals surface area contributed by atoms with Crippen LogP contribution in [0.25, 0.3) is 21.8 Å². The second kappa shape index (κ2) is 5.28. The minimum absolute atomic E-state index is 0.943. The van der Waals surface area contributed by atoms with Crippen LogP contribution in [0.5, 0.6) is 0 Å². The molecule has 3 heteroatoms. The van der Waals surface area contributed by atoms with E-state index in [2.05, 4.69) is 40.6 Å². The van der Waals surface area contributed by atoms with E-state index in [0.717, 1.165) is 33.0 Å². The van der Waals surface area contributed by atoms with Crippen LogP contribution in [-0.4, -0.2) is 9.38 Å². The number of aromatic nitrogens is 2. The number of benzene rings is 1. The molecule has 0 unspecified atom stereocenters. The van der Waals surface area contributed by atoms with Gasteiger partial charge >= 0.3 is 0 Å². The molecule has 0 bridgehead atoms. The summed E-state index contributed by atoms with van der Waals surface area (Å²) in [5.41, 5.74) is 5.10. The Balaban J connectivity index is 1.99. The average molecular weight is 302 g/mol. The molecule has 0 fully saturated rings. The third-order valence-corrected chi connectivity index (χ3v) is 4.57. The second-order valence-electron chi connectivity index (χ2n) is 5.06. The molecule has 4 aromatic rings. The van der Waals surface area contributed by atoms with Gasteiger partial charge in [0.1, 0.15) is 11.3 Å². The fourth-order valence-electron chi connectivity index (χ4n) is 2.65. The maximum Gasteiger partial charge on any atom is 0.137 e. The highest BCUT2D eigenvalue weighted by Crippen LogP contribution is 2.34. The number of imidazole rings is 1. The van der Waals surface area contributed by atoms with Crippen LogP contribution in [0.2, 0.25) is 0 Å². The fraction of sp³-hybridized carbons (Fsp3) is 0. The molecule has 0 saturated carbocycles. The Morgan fingerprint density at radius 3 is 2.55 bits per heavy atom. The van der Waals surface area contributed by atoms with Crippen LogP contribution in [0.15, 0.2) is 78.8 Å². The Labute approximate surface area is 133 Å². The molecule has 4 rings (SSSR count). The summed E-state index contributed by atoms with van der Waals surface area (Å²) in [5.74, 6) is 0. The predicted octanol–water partition coefficient (Wildman–Crippen LogP) is 5.12. The SMILES string of the molecule is C=C(c1ccccc1)c1c(-c2cccs2)nc2ccccn12. The first kappa shape index (κ1) is 13.0. The molecule has 0 aliphatic carbocycles. The van der Waals surface area contributed by atoms with E-state index in [1.807, 2.05) is 42.6 Å². The van der Waals surface area contributed by atoms with E-state index in [4.69, 9.17) is 4.98 Å². The number of fused-ring (bicyclic) bond motifs is 1. The Morgan fingerprint density at radius 1 is 0.955 bits per heavy atom. The van der Waals surface area contributed by atoms with Gasteiger partial charge in [0.2, 0.25) is 0 Å². The quantitative estimate of drug-likeness (QED) is 0.513. The van der Waals surface area contributed by atoms with Crippen molar-refractivity contribution in [3.05, 3.63) is 90.1 Å². The minimum atomic E-state index is 0.943. The molecule has 22 heavy (non-hydrogen) atoms. The molecule has 3 aromatic heterocycles. The molecule has 0 amide bonds. The lowest BCUT2D eigenvalue weighted by atomic mass is 10.0. The van der Waals surface area contributed by atoms with E-state index >= 15 is 0 Å². The molecule has 0 N–H and O–H groups in total. The van der Waals surface area contributed by atoms with Gasteiger partial charge in [0.25, 0.3) is 0 Å². The van der Waals surface area contributed by atoms with Crippen LogP contribution < -0.4 is 0 Å². The van der Waals surface area contributed by atoms with Gasteiger partial charge in [-0.25, -0.2) is 4.98 Å². The number of thiophene rings is 1. The average Bonchev–Trinajstić information content (AvgIpc) is 3.22. The largest absolute Gasteiger partial charge is 0.299 e. The second-order valence-corrected chi connectivity index (χ2v) is 6.01. The summed E-state index contributed by atoms with van der Waals surface area (Å²) in [5, 5.41) is 2.08. The highest BCUT2D eigenvalue weighted by molar-refractivity contribution is 7.13. The van der Waals surface area contributed by atoms with Gasteiger partial charge < -0.3 is 0 Å². The summed E-state index contributed by atoms with van der Waals surface area (Å²) in [6, 6.07) is 20.5. The summed E-state index contributed by atoms with van der Waals surface area (Å²) in [4.78, 5) is 5.98. The summed E-state index contributed by atoms with van der Waals surface area (Å²) in [7, 11) is 0. The topological polar surface area (TPSA) is 17.3 Å². The zero-order valence-corrected chi connectivity index (χ0v) is 12.8.